The lowest BCUT2D eigenvalue weighted by Gasteiger charge is -2.16. The molecule has 0 saturated carbocycles. The topological polar surface area (TPSA) is 69.7 Å². The van der Waals surface area contributed by atoms with Gasteiger partial charge in [0.2, 0.25) is 5.75 Å². The van der Waals surface area contributed by atoms with Crippen molar-refractivity contribution >= 4 is 22.4 Å². The van der Waals surface area contributed by atoms with E-state index in [2.05, 4.69) is 24.1 Å². The summed E-state index contributed by atoms with van der Waals surface area (Å²) < 4.78 is 17.0. The molecule has 0 bridgehead atoms. The molecule has 1 aromatic heterocycles. The molecule has 2 rings (SSSR count). The molecular formula is C19H26N2O4S. The fourth-order valence-corrected chi connectivity index (χ4v) is 3.16. The van der Waals surface area contributed by atoms with Gasteiger partial charge in [-0.3, -0.25) is 10.1 Å². The van der Waals surface area contributed by atoms with Crippen molar-refractivity contribution in [3.63, 3.8) is 0 Å². The second-order valence-corrected chi connectivity index (χ2v) is 6.65. The number of carbonyl (C=O) groups is 1. The summed E-state index contributed by atoms with van der Waals surface area (Å²) in [5.74, 6) is 1.56. The molecule has 1 aromatic carbocycles. The van der Waals surface area contributed by atoms with Crippen LogP contribution in [0, 0.1) is 0 Å². The minimum absolute atomic E-state index is 0.264. The van der Waals surface area contributed by atoms with Gasteiger partial charge in [-0.2, -0.15) is 0 Å². The number of carbonyl (C=O) groups excluding carboxylic acids is 1. The number of benzene rings is 1. The number of rotatable bonds is 9. The van der Waals surface area contributed by atoms with Gasteiger partial charge in [0.15, 0.2) is 16.6 Å². The zero-order valence-electron chi connectivity index (χ0n) is 15.9. The van der Waals surface area contributed by atoms with Crippen LogP contribution in [0.25, 0.3) is 0 Å². The molecule has 6 nitrogen and oxygen atoms in total. The molecule has 0 aliphatic carbocycles. The van der Waals surface area contributed by atoms with E-state index in [1.807, 2.05) is 26.2 Å². The molecule has 0 unspecified atom stereocenters. The Morgan fingerprint density at radius 2 is 1.65 bits per heavy atom. The lowest BCUT2D eigenvalue weighted by atomic mass is 10.1. The van der Waals surface area contributed by atoms with Gasteiger partial charge in [0.05, 0.1) is 25.5 Å². The van der Waals surface area contributed by atoms with Gasteiger partial charge < -0.3 is 14.2 Å². The lowest BCUT2D eigenvalue weighted by Crippen LogP contribution is -2.13. The maximum Gasteiger partial charge on any atom is 0.257 e. The average molecular weight is 378 g/mol. The summed E-state index contributed by atoms with van der Waals surface area (Å²) in [5, 5.41) is 5.37. The Labute approximate surface area is 158 Å². The number of aromatic nitrogens is 1. The van der Waals surface area contributed by atoms with Crippen molar-refractivity contribution in [3.05, 3.63) is 28.8 Å². The summed E-state index contributed by atoms with van der Waals surface area (Å²) in [7, 11) is 0. The van der Waals surface area contributed by atoms with Gasteiger partial charge in [-0.25, -0.2) is 4.98 Å². The molecule has 142 valence electrons. The quantitative estimate of drug-likeness (QED) is 0.684. The molecule has 1 heterocycles. The zero-order chi connectivity index (χ0) is 19.1. The highest BCUT2D eigenvalue weighted by molar-refractivity contribution is 7.14. The Morgan fingerprint density at radius 1 is 1.08 bits per heavy atom. The first-order valence-electron chi connectivity index (χ1n) is 8.83. The number of hydrogen-bond donors (Lipinski definition) is 1. The molecule has 1 amide bonds. The second kappa shape index (κ2) is 9.43. The van der Waals surface area contributed by atoms with Crippen molar-refractivity contribution in [2.24, 2.45) is 0 Å². The first-order valence-corrected chi connectivity index (χ1v) is 9.71. The standard InChI is InChI=1S/C19H26N2O4S/c1-6-23-15-9-13(10-16(24-7-2)17(15)25-8-3)18(22)21-19-20-14(11-26-19)12(4)5/h9-12H,6-8H2,1-5H3,(H,20,21,22). The summed E-state index contributed by atoms with van der Waals surface area (Å²) in [6.45, 7) is 11.2. The normalized spacial score (nSPS) is 10.7. The van der Waals surface area contributed by atoms with Gasteiger partial charge in [-0.05, 0) is 38.8 Å². The number of anilines is 1. The number of amides is 1. The number of nitrogens with one attached hydrogen (secondary N) is 1. The van der Waals surface area contributed by atoms with Crippen molar-refractivity contribution in [2.75, 3.05) is 25.1 Å². The highest BCUT2D eigenvalue weighted by atomic mass is 32.1. The van der Waals surface area contributed by atoms with Crippen LogP contribution in [0.4, 0.5) is 5.13 Å². The summed E-state index contributed by atoms with van der Waals surface area (Å²) in [6.07, 6.45) is 0. The van der Waals surface area contributed by atoms with E-state index >= 15 is 0 Å². The molecule has 7 heteroatoms. The summed E-state index contributed by atoms with van der Waals surface area (Å²) in [4.78, 5) is 17.1. The van der Waals surface area contributed by atoms with E-state index in [0.717, 1.165) is 5.69 Å². The predicted octanol–water partition coefficient (Wildman–Crippen LogP) is 4.71. The van der Waals surface area contributed by atoms with E-state index < -0.39 is 0 Å². The van der Waals surface area contributed by atoms with Crippen LogP contribution >= 0.6 is 11.3 Å². The van der Waals surface area contributed by atoms with Gasteiger partial charge in [-0.1, -0.05) is 13.8 Å². The third kappa shape index (κ3) is 4.88. The average Bonchev–Trinajstić information content (AvgIpc) is 3.06. The summed E-state index contributed by atoms with van der Waals surface area (Å²) in [5.41, 5.74) is 1.39. The Bertz CT molecular complexity index is 716. The Balaban J connectivity index is 2.32. The van der Waals surface area contributed by atoms with Crippen LogP contribution in [0.2, 0.25) is 0 Å². The van der Waals surface area contributed by atoms with Crippen molar-refractivity contribution in [2.45, 2.75) is 40.5 Å². The highest BCUT2D eigenvalue weighted by Gasteiger charge is 2.19. The van der Waals surface area contributed by atoms with E-state index in [1.54, 1.807) is 12.1 Å². The van der Waals surface area contributed by atoms with Crippen LogP contribution in [0.15, 0.2) is 17.5 Å². The van der Waals surface area contributed by atoms with E-state index in [9.17, 15) is 4.79 Å². The third-order valence-corrected chi connectivity index (χ3v) is 4.28. The van der Waals surface area contributed by atoms with Crippen LogP contribution in [-0.2, 0) is 0 Å². The van der Waals surface area contributed by atoms with E-state index in [1.165, 1.54) is 11.3 Å². The van der Waals surface area contributed by atoms with Crippen LogP contribution in [0.5, 0.6) is 17.2 Å². The first-order chi connectivity index (χ1) is 12.5. The van der Waals surface area contributed by atoms with Gasteiger partial charge in [0, 0.05) is 10.9 Å². The predicted molar refractivity (Wildman–Crippen MR) is 104 cm³/mol. The molecule has 0 saturated heterocycles. The molecule has 1 N–H and O–H groups in total. The maximum absolute atomic E-state index is 12.7. The highest BCUT2D eigenvalue weighted by Crippen LogP contribution is 2.39. The van der Waals surface area contributed by atoms with Crippen molar-refractivity contribution < 1.29 is 19.0 Å². The molecule has 0 fully saturated rings. The Hall–Kier alpha value is -2.28. The summed E-state index contributed by atoms with van der Waals surface area (Å²) >= 11 is 1.41. The van der Waals surface area contributed by atoms with E-state index in [0.29, 0.717) is 53.7 Å². The fourth-order valence-electron chi connectivity index (χ4n) is 2.30. The van der Waals surface area contributed by atoms with Gasteiger partial charge in [0.1, 0.15) is 0 Å². The van der Waals surface area contributed by atoms with E-state index in [-0.39, 0.29) is 5.91 Å². The van der Waals surface area contributed by atoms with Crippen LogP contribution in [0.3, 0.4) is 0 Å². The minimum Gasteiger partial charge on any atom is -0.490 e. The Morgan fingerprint density at radius 3 is 2.12 bits per heavy atom. The number of thiazole rings is 1. The SMILES string of the molecule is CCOc1cc(C(=O)Nc2nc(C(C)C)cs2)cc(OCC)c1OCC. The van der Waals surface area contributed by atoms with Crippen molar-refractivity contribution in [1.82, 2.24) is 4.98 Å². The number of nitrogens with zero attached hydrogens (tertiary/aromatic N) is 1. The maximum atomic E-state index is 12.7. The third-order valence-electron chi connectivity index (χ3n) is 3.51. The van der Waals surface area contributed by atoms with Gasteiger partial charge in [-0.15, -0.1) is 11.3 Å². The first kappa shape index (κ1) is 20.0. The lowest BCUT2D eigenvalue weighted by molar-refractivity contribution is 0.102. The Kier molecular flexibility index (Phi) is 7.26. The molecule has 0 aliphatic heterocycles. The minimum atomic E-state index is -0.264. The largest absolute Gasteiger partial charge is 0.490 e. The molecule has 26 heavy (non-hydrogen) atoms. The molecular weight excluding hydrogens is 352 g/mol. The smallest absolute Gasteiger partial charge is 0.257 e. The van der Waals surface area contributed by atoms with Crippen molar-refractivity contribution in [1.29, 1.82) is 0 Å². The van der Waals surface area contributed by atoms with Crippen molar-refractivity contribution in [3.8, 4) is 17.2 Å². The molecule has 0 spiro atoms. The van der Waals surface area contributed by atoms with Crippen LogP contribution in [-0.4, -0.2) is 30.7 Å². The monoisotopic (exact) mass is 378 g/mol. The molecule has 2 aromatic rings. The van der Waals surface area contributed by atoms with Crippen LogP contribution < -0.4 is 19.5 Å². The second-order valence-electron chi connectivity index (χ2n) is 5.79. The van der Waals surface area contributed by atoms with Gasteiger partial charge >= 0.3 is 0 Å². The molecule has 0 atom stereocenters. The zero-order valence-corrected chi connectivity index (χ0v) is 16.7. The summed E-state index contributed by atoms with van der Waals surface area (Å²) in [6, 6.07) is 3.34. The number of hydrogen-bond acceptors (Lipinski definition) is 6. The van der Waals surface area contributed by atoms with Gasteiger partial charge in [0.25, 0.3) is 5.91 Å². The number of ether oxygens (including phenoxy) is 3. The fraction of sp³-hybridized carbons (Fsp3) is 0.474. The molecule has 0 aliphatic rings. The van der Waals surface area contributed by atoms with E-state index in [4.69, 9.17) is 14.2 Å². The van der Waals surface area contributed by atoms with Crippen LogP contribution in [0.1, 0.15) is 56.6 Å². The molecule has 0 radical (unpaired) electrons.